The molecule has 2 rings (SSSR count). The molecule has 0 bridgehead atoms. The van der Waals surface area contributed by atoms with Gasteiger partial charge in [-0.1, -0.05) is 31.4 Å². The van der Waals surface area contributed by atoms with Crippen molar-refractivity contribution in [2.24, 2.45) is 11.1 Å². The van der Waals surface area contributed by atoms with Crippen molar-refractivity contribution in [2.75, 3.05) is 19.7 Å². The summed E-state index contributed by atoms with van der Waals surface area (Å²) in [7, 11) is 0. The van der Waals surface area contributed by atoms with Gasteiger partial charge in [0.25, 0.3) is 5.91 Å². The van der Waals surface area contributed by atoms with Crippen LogP contribution in [-0.2, 0) is 0 Å². The molecule has 116 valence electrons. The molecule has 1 aliphatic carbocycles. The first-order valence-electron chi connectivity index (χ1n) is 7.91. The fourth-order valence-electron chi connectivity index (χ4n) is 3.05. The van der Waals surface area contributed by atoms with Crippen LogP contribution in [0.25, 0.3) is 0 Å². The largest absolute Gasteiger partial charge is 0.493 e. The van der Waals surface area contributed by atoms with E-state index in [9.17, 15) is 4.79 Å². The van der Waals surface area contributed by atoms with Gasteiger partial charge in [0.05, 0.1) is 12.2 Å². The van der Waals surface area contributed by atoms with Gasteiger partial charge in [-0.3, -0.25) is 4.79 Å². The van der Waals surface area contributed by atoms with Crippen LogP contribution in [0.1, 0.15) is 49.4 Å². The van der Waals surface area contributed by atoms with Gasteiger partial charge in [0, 0.05) is 6.54 Å². The molecular formula is C17H26N2O2. The van der Waals surface area contributed by atoms with E-state index in [2.05, 4.69) is 5.32 Å². The normalized spacial score (nSPS) is 17.2. The summed E-state index contributed by atoms with van der Waals surface area (Å²) in [6.07, 6.45) is 5.92. The number of hydrogen-bond donors (Lipinski definition) is 2. The highest BCUT2D eigenvalue weighted by Gasteiger charge is 2.31. The van der Waals surface area contributed by atoms with E-state index in [1.54, 1.807) is 6.07 Å². The zero-order valence-corrected chi connectivity index (χ0v) is 12.9. The van der Waals surface area contributed by atoms with Gasteiger partial charge in [-0.15, -0.1) is 0 Å². The highest BCUT2D eigenvalue weighted by molar-refractivity contribution is 5.96. The fraction of sp³-hybridized carbons (Fsp3) is 0.588. The Morgan fingerprint density at radius 3 is 2.67 bits per heavy atom. The van der Waals surface area contributed by atoms with Crippen LogP contribution in [0.2, 0.25) is 0 Å². The van der Waals surface area contributed by atoms with Gasteiger partial charge in [0.15, 0.2) is 0 Å². The third kappa shape index (κ3) is 3.97. The molecule has 0 unspecified atom stereocenters. The number of carbonyl (C=O) groups is 1. The van der Waals surface area contributed by atoms with Crippen LogP contribution in [0.15, 0.2) is 24.3 Å². The Hall–Kier alpha value is -1.55. The van der Waals surface area contributed by atoms with Gasteiger partial charge >= 0.3 is 0 Å². The van der Waals surface area contributed by atoms with Gasteiger partial charge < -0.3 is 15.8 Å². The smallest absolute Gasteiger partial charge is 0.255 e. The maximum atomic E-state index is 12.4. The highest BCUT2D eigenvalue weighted by atomic mass is 16.5. The minimum absolute atomic E-state index is 0.0718. The first-order valence-corrected chi connectivity index (χ1v) is 7.91. The van der Waals surface area contributed by atoms with Crippen LogP contribution < -0.4 is 15.8 Å². The summed E-state index contributed by atoms with van der Waals surface area (Å²) in [5.74, 6) is 0.570. The van der Waals surface area contributed by atoms with Crippen molar-refractivity contribution in [1.82, 2.24) is 5.32 Å². The standard InChI is InChI=1S/C17H26N2O2/c1-2-21-15-9-5-4-8-14(15)16(20)19-13-17(12-18)10-6-3-7-11-17/h4-5,8-9H,2-3,6-7,10-13,18H2,1H3,(H,19,20). The SMILES string of the molecule is CCOc1ccccc1C(=O)NCC1(CN)CCCCC1. The molecule has 0 saturated heterocycles. The molecule has 0 heterocycles. The lowest BCUT2D eigenvalue weighted by molar-refractivity contribution is 0.0910. The number of carbonyl (C=O) groups excluding carboxylic acids is 1. The van der Waals surface area contributed by atoms with Crippen molar-refractivity contribution in [2.45, 2.75) is 39.0 Å². The number of benzene rings is 1. The monoisotopic (exact) mass is 290 g/mol. The Morgan fingerprint density at radius 1 is 1.29 bits per heavy atom. The first-order chi connectivity index (χ1) is 10.2. The number of hydrogen-bond acceptors (Lipinski definition) is 3. The summed E-state index contributed by atoms with van der Waals surface area (Å²) >= 11 is 0. The summed E-state index contributed by atoms with van der Waals surface area (Å²) in [5.41, 5.74) is 6.64. The lowest BCUT2D eigenvalue weighted by atomic mass is 9.74. The van der Waals surface area contributed by atoms with E-state index >= 15 is 0 Å². The van der Waals surface area contributed by atoms with Crippen LogP contribution >= 0.6 is 0 Å². The Bertz CT molecular complexity index is 468. The number of ether oxygens (including phenoxy) is 1. The molecule has 0 atom stereocenters. The van der Waals surface area contributed by atoms with Crippen LogP contribution in [0, 0.1) is 5.41 Å². The zero-order chi connectivity index (χ0) is 15.1. The van der Waals surface area contributed by atoms with Crippen molar-refractivity contribution >= 4 is 5.91 Å². The summed E-state index contributed by atoms with van der Waals surface area (Å²) in [4.78, 5) is 12.4. The van der Waals surface area contributed by atoms with Gasteiger partial charge in [-0.05, 0) is 43.9 Å². The average Bonchev–Trinajstić information content (AvgIpc) is 2.54. The van der Waals surface area contributed by atoms with E-state index in [4.69, 9.17) is 10.5 Å². The summed E-state index contributed by atoms with van der Waals surface area (Å²) in [6, 6.07) is 7.37. The van der Waals surface area contributed by atoms with Gasteiger partial charge in [-0.25, -0.2) is 0 Å². The lowest BCUT2D eigenvalue weighted by Gasteiger charge is -2.36. The highest BCUT2D eigenvalue weighted by Crippen LogP contribution is 2.34. The molecular weight excluding hydrogens is 264 g/mol. The quantitative estimate of drug-likeness (QED) is 0.846. The van der Waals surface area contributed by atoms with E-state index in [0.717, 1.165) is 12.8 Å². The molecule has 0 aliphatic heterocycles. The van der Waals surface area contributed by atoms with Gasteiger partial charge in [-0.2, -0.15) is 0 Å². The number of amides is 1. The summed E-state index contributed by atoms with van der Waals surface area (Å²) < 4.78 is 5.52. The molecule has 1 aliphatic rings. The lowest BCUT2D eigenvalue weighted by Crippen LogP contribution is -2.43. The molecule has 1 saturated carbocycles. The number of nitrogens with one attached hydrogen (secondary N) is 1. The molecule has 4 heteroatoms. The minimum Gasteiger partial charge on any atom is -0.493 e. The average molecular weight is 290 g/mol. The number of nitrogens with two attached hydrogens (primary N) is 1. The third-order valence-corrected chi connectivity index (χ3v) is 4.40. The maximum Gasteiger partial charge on any atom is 0.255 e. The van der Waals surface area contributed by atoms with E-state index in [0.29, 0.717) is 31.0 Å². The van der Waals surface area contributed by atoms with Crippen molar-refractivity contribution in [3.05, 3.63) is 29.8 Å². The van der Waals surface area contributed by atoms with Crippen molar-refractivity contribution < 1.29 is 9.53 Å². The summed E-state index contributed by atoms with van der Waals surface area (Å²) in [5, 5.41) is 3.06. The number of para-hydroxylation sites is 1. The van der Waals surface area contributed by atoms with Crippen LogP contribution in [0.3, 0.4) is 0 Å². The molecule has 21 heavy (non-hydrogen) atoms. The van der Waals surface area contributed by atoms with Crippen molar-refractivity contribution in [1.29, 1.82) is 0 Å². The summed E-state index contributed by atoms with van der Waals surface area (Å²) in [6.45, 7) is 3.76. The molecule has 1 aromatic carbocycles. The predicted molar refractivity (Wildman–Crippen MR) is 84.5 cm³/mol. The van der Waals surface area contributed by atoms with E-state index < -0.39 is 0 Å². The van der Waals surface area contributed by atoms with Crippen molar-refractivity contribution in [3.63, 3.8) is 0 Å². The van der Waals surface area contributed by atoms with Crippen LogP contribution in [0.5, 0.6) is 5.75 Å². The van der Waals surface area contributed by atoms with E-state index in [1.807, 2.05) is 25.1 Å². The second-order valence-electron chi connectivity index (χ2n) is 5.88. The Morgan fingerprint density at radius 2 is 2.00 bits per heavy atom. The van der Waals surface area contributed by atoms with Gasteiger partial charge in [0.2, 0.25) is 0 Å². The Balaban J connectivity index is 2.01. The van der Waals surface area contributed by atoms with Gasteiger partial charge in [0.1, 0.15) is 5.75 Å². The molecule has 1 amide bonds. The molecule has 0 spiro atoms. The predicted octanol–water partition coefficient (Wildman–Crippen LogP) is 2.72. The molecule has 0 radical (unpaired) electrons. The third-order valence-electron chi connectivity index (χ3n) is 4.40. The minimum atomic E-state index is -0.0718. The second-order valence-corrected chi connectivity index (χ2v) is 5.88. The molecule has 1 fully saturated rings. The van der Waals surface area contributed by atoms with Crippen LogP contribution in [0.4, 0.5) is 0 Å². The Labute approximate surface area is 127 Å². The van der Waals surface area contributed by atoms with Crippen molar-refractivity contribution in [3.8, 4) is 5.75 Å². The fourth-order valence-corrected chi connectivity index (χ4v) is 3.05. The molecule has 1 aromatic rings. The van der Waals surface area contributed by atoms with E-state index in [1.165, 1.54) is 19.3 Å². The molecule has 0 aromatic heterocycles. The van der Waals surface area contributed by atoms with E-state index in [-0.39, 0.29) is 11.3 Å². The number of rotatable bonds is 6. The first kappa shape index (κ1) is 15.8. The molecule has 3 N–H and O–H groups in total. The Kier molecular flexibility index (Phi) is 5.62. The maximum absolute atomic E-state index is 12.4. The van der Waals surface area contributed by atoms with Crippen LogP contribution in [-0.4, -0.2) is 25.6 Å². The zero-order valence-electron chi connectivity index (χ0n) is 12.9. The second kappa shape index (κ2) is 7.46. The topological polar surface area (TPSA) is 64.3 Å². The molecule has 4 nitrogen and oxygen atoms in total.